The Balaban J connectivity index is 1.55. The van der Waals surface area contributed by atoms with Gasteiger partial charge < -0.3 is 0 Å². The van der Waals surface area contributed by atoms with Crippen molar-refractivity contribution in [2.75, 3.05) is 0 Å². The van der Waals surface area contributed by atoms with E-state index in [1.807, 2.05) is 0 Å². The molecule has 1 aliphatic heterocycles. The average Bonchev–Trinajstić information content (AvgIpc) is 3.45. The number of aromatic amines is 1. The number of fused-ring (bicyclic) bond motifs is 2. The van der Waals surface area contributed by atoms with Crippen LogP contribution in [0.4, 0.5) is 0 Å². The van der Waals surface area contributed by atoms with Gasteiger partial charge >= 0.3 is 0 Å². The van der Waals surface area contributed by atoms with Crippen molar-refractivity contribution in [1.82, 2.24) is 24.9 Å². The molecule has 0 radical (unpaired) electrons. The number of H-pyrrole nitrogens is 1. The SMILES string of the molecule is BC(B)(c1n[nH]c(=O)c2ccc(-c3cnn(C)c3-c3cccc(Cl)c3C#N)cc12)N1C(=O)c2ccccc2C1=O. The molecule has 0 bridgehead atoms. The number of halogens is 1. The van der Waals surface area contributed by atoms with E-state index in [9.17, 15) is 19.6 Å². The van der Waals surface area contributed by atoms with Gasteiger partial charge in [0, 0.05) is 28.9 Å². The second-order valence-electron chi connectivity index (χ2n) is 10.0. The molecule has 192 valence electrons. The number of nitrogens with zero attached hydrogens (tertiary/aromatic N) is 5. The fourth-order valence-electron chi connectivity index (χ4n) is 5.41. The van der Waals surface area contributed by atoms with Gasteiger partial charge in [-0.25, -0.2) is 5.10 Å². The smallest absolute Gasteiger partial charge is 0.272 e. The summed E-state index contributed by atoms with van der Waals surface area (Å²) in [6, 6.07) is 19.3. The van der Waals surface area contributed by atoms with Crippen LogP contribution in [-0.4, -0.2) is 52.4 Å². The monoisotopic (exact) mass is 544 g/mol. The van der Waals surface area contributed by atoms with Crippen LogP contribution in [0.5, 0.6) is 0 Å². The Morgan fingerprint density at radius 2 is 1.60 bits per heavy atom. The molecule has 2 aromatic heterocycles. The summed E-state index contributed by atoms with van der Waals surface area (Å²) < 4.78 is 1.66. The number of nitrogens with one attached hydrogen (secondary N) is 1. The third-order valence-electron chi connectivity index (χ3n) is 7.35. The predicted molar refractivity (Wildman–Crippen MR) is 155 cm³/mol. The molecule has 0 fully saturated rings. The van der Waals surface area contributed by atoms with Gasteiger partial charge in [0.2, 0.25) is 0 Å². The molecule has 0 unspecified atom stereocenters. The fraction of sp³-hybridized carbons (Fsp3) is 0.0714. The number of hydrogen-bond donors (Lipinski definition) is 1. The molecule has 0 saturated heterocycles. The van der Waals surface area contributed by atoms with Crippen molar-refractivity contribution in [2.24, 2.45) is 7.05 Å². The summed E-state index contributed by atoms with van der Waals surface area (Å²) in [7, 11) is 5.22. The van der Waals surface area contributed by atoms with E-state index < -0.39 is 22.7 Å². The molecule has 0 aliphatic carbocycles. The Hall–Kier alpha value is -4.94. The molecule has 0 spiro atoms. The van der Waals surface area contributed by atoms with Crippen molar-refractivity contribution in [1.29, 1.82) is 5.26 Å². The highest BCUT2D eigenvalue weighted by molar-refractivity contribution is 6.44. The van der Waals surface area contributed by atoms with Crippen molar-refractivity contribution in [2.45, 2.75) is 5.34 Å². The molecule has 5 aromatic rings. The van der Waals surface area contributed by atoms with Crippen LogP contribution in [-0.2, 0) is 12.4 Å². The minimum atomic E-state index is -1.22. The highest BCUT2D eigenvalue weighted by Gasteiger charge is 2.46. The summed E-state index contributed by atoms with van der Waals surface area (Å²) >= 11 is 6.32. The van der Waals surface area contributed by atoms with Gasteiger partial charge in [-0.05, 0) is 35.9 Å². The fourth-order valence-corrected chi connectivity index (χ4v) is 5.62. The molecule has 3 heterocycles. The molecular weight excluding hydrogens is 525 g/mol. The maximum absolute atomic E-state index is 13.4. The minimum absolute atomic E-state index is 0.320. The van der Waals surface area contributed by atoms with Crippen molar-refractivity contribution < 1.29 is 9.59 Å². The topological polar surface area (TPSA) is 125 Å². The summed E-state index contributed by atoms with van der Waals surface area (Å²) in [6.07, 6.45) is 1.67. The van der Waals surface area contributed by atoms with Crippen molar-refractivity contribution >= 4 is 49.9 Å². The summed E-state index contributed by atoms with van der Waals surface area (Å²) in [4.78, 5) is 40.7. The first-order chi connectivity index (χ1) is 19.1. The number of amides is 2. The third kappa shape index (κ3) is 3.61. The molecule has 12 heteroatoms. The van der Waals surface area contributed by atoms with Gasteiger partial charge in [0.1, 0.15) is 21.8 Å². The normalized spacial score (nSPS) is 13.1. The minimum Gasteiger partial charge on any atom is -0.279 e. The predicted octanol–water partition coefficient (Wildman–Crippen LogP) is 2.19. The lowest BCUT2D eigenvalue weighted by molar-refractivity contribution is 0.0602. The van der Waals surface area contributed by atoms with E-state index in [-0.39, 0.29) is 0 Å². The average molecular weight is 545 g/mol. The van der Waals surface area contributed by atoms with Crippen molar-refractivity contribution in [3.8, 4) is 28.5 Å². The third-order valence-corrected chi connectivity index (χ3v) is 7.67. The highest BCUT2D eigenvalue weighted by atomic mass is 35.5. The summed E-state index contributed by atoms with van der Waals surface area (Å²) in [5, 5.41) is 21.0. The molecule has 1 aliphatic rings. The van der Waals surface area contributed by atoms with Gasteiger partial charge in [-0.15, -0.1) is 0 Å². The first-order valence-corrected chi connectivity index (χ1v) is 12.7. The summed E-state index contributed by atoms with van der Waals surface area (Å²) in [6.45, 7) is 0. The van der Waals surface area contributed by atoms with Gasteiger partial charge in [-0.1, -0.05) is 41.9 Å². The van der Waals surface area contributed by atoms with Crippen LogP contribution in [0.15, 0.2) is 71.7 Å². The van der Waals surface area contributed by atoms with Gasteiger partial charge in [0.25, 0.3) is 17.4 Å². The lowest BCUT2D eigenvalue weighted by atomic mass is 9.58. The van der Waals surface area contributed by atoms with E-state index in [1.165, 1.54) is 4.90 Å². The zero-order valence-electron chi connectivity index (χ0n) is 21.7. The quantitative estimate of drug-likeness (QED) is 0.273. The number of aromatic nitrogens is 4. The number of nitriles is 1. The van der Waals surface area contributed by atoms with E-state index in [0.29, 0.717) is 60.6 Å². The van der Waals surface area contributed by atoms with E-state index in [1.54, 1.807) is 94.3 Å². The Morgan fingerprint density at radius 3 is 2.27 bits per heavy atom. The zero-order chi connectivity index (χ0) is 28.3. The number of imide groups is 1. The van der Waals surface area contributed by atoms with E-state index in [2.05, 4.69) is 21.4 Å². The molecule has 0 atom stereocenters. The number of benzene rings is 3. The maximum Gasteiger partial charge on any atom is 0.272 e. The number of hydrogen-bond acceptors (Lipinski definition) is 6. The molecule has 9 nitrogen and oxygen atoms in total. The van der Waals surface area contributed by atoms with Crippen LogP contribution in [0.3, 0.4) is 0 Å². The first-order valence-electron chi connectivity index (χ1n) is 12.4. The van der Waals surface area contributed by atoms with E-state index >= 15 is 0 Å². The molecule has 3 aromatic carbocycles. The van der Waals surface area contributed by atoms with E-state index in [0.717, 1.165) is 0 Å². The lowest BCUT2D eigenvalue weighted by Gasteiger charge is -2.34. The first kappa shape index (κ1) is 25.3. The van der Waals surface area contributed by atoms with Crippen molar-refractivity contribution in [3.05, 3.63) is 105 Å². The van der Waals surface area contributed by atoms with Gasteiger partial charge in [-0.2, -0.15) is 15.5 Å². The number of carbonyl (C=O) groups is 2. The van der Waals surface area contributed by atoms with Gasteiger partial charge in [0.15, 0.2) is 0 Å². The number of rotatable bonds is 4. The molecule has 1 N–H and O–H groups in total. The second kappa shape index (κ2) is 9.07. The Morgan fingerprint density at radius 1 is 0.925 bits per heavy atom. The van der Waals surface area contributed by atoms with Crippen LogP contribution < -0.4 is 5.56 Å². The summed E-state index contributed by atoms with van der Waals surface area (Å²) in [5.74, 6) is -0.857. The molecule has 40 heavy (non-hydrogen) atoms. The van der Waals surface area contributed by atoms with Crippen molar-refractivity contribution in [3.63, 3.8) is 0 Å². The van der Waals surface area contributed by atoms with Crippen LogP contribution in [0.2, 0.25) is 5.02 Å². The summed E-state index contributed by atoms with van der Waals surface area (Å²) in [5.41, 5.74) is 3.59. The lowest BCUT2D eigenvalue weighted by Crippen LogP contribution is -2.51. The van der Waals surface area contributed by atoms with Gasteiger partial charge in [0.05, 0.1) is 44.7 Å². The highest BCUT2D eigenvalue weighted by Crippen LogP contribution is 2.38. The van der Waals surface area contributed by atoms with Crippen LogP contribution >= 0.6 is 11.6 Å². The Bertz CT molecular complexity index is 1970. The molecule has 0 saturated carbocycles. The Kier molecular flexibility index (Phi) is 5.75. The van der Waals surface area contributed by atoms with Crippen LogP contribution in [0.1, 0.15) is 32.0 Å². The maximum atomic E-state index is 13.4. The molecule has 2 amide bonds. The largest absolute Gasteiger partial charge is 0.279 e. The zero-order valence-corrected chi connectivity index (χ0v) is 22.4. The standard InChI is InChI=1S/C28H19B2ClN6O3/c1-36-23(15-7-4-8-22(31)20(15)12-32)21(13-33-36)14-9-10-16-19(11-14)24(34-35-25(16)38)28(29,30)37-26(39)17-5-2-3-6-18(17)27(37)40/h2-11,13H,29-30H2,1H3,(H,35,38). The number of carbonyl (C=O) groups excluding carboxylic acids is 2. The van der Waals surface area contributed by atoms with Gasteiger partial charge in [-0.3, -0.25) is 24.0 Å². The molecular formula is C28H19B2ClN6O3. The van der Waals surface area contributed by atoms with E-state index in [4.69, 9.17) is 11.6 Å². The molecule has 6 rings (SSSR count). The van der Waals surface area contributed by atoms with Crippen LogP contribution in [0, 0.1) is 11.3 Å². The second-order valence-corrected chi connectivity index (χ2v) is 10.4. The Labute approximate surface area is 234 Å². The number of aryl methyl sites for hydroxylation is 1. The van der Waals surface area contributed by atoms with Crippen LogP contribution in [0.25, 0.3) is 33.2 Å².